The SMILES string of the molecule is CC(=O)Nc1ccc(NC(=O)C(=O)Nc2ccc(C)c(Cl)c2)cc1. The molecule has 0 fully saturated rings. The van der Waals surface area contributed by atoms with E-state index in [-0.39, 0.29) is 5.91 Å². The van der Waals surface area contributed by atoms with Crippen molar-refractivity contribution < 1.29 is 14.4 Å². The summed E-state index contributed by atoms with van der Waals surface area (Å²) in [5, 5.41) is 8.06. The number of anilines is 3. The van der Waals surface area contributed by atoms with Crippen molar-refractivity contribution >= 4 is 46.4 Å². The van der Waals surface area contributed by atoms with Crippen molar-refractivity contribution in [2.45, 2.75) is 13.8 Å². The highest BCUT2D eigenvalue weighted by Gasteiger charge is 2.14. The molecular formula is C17H16ClN3O3. The molecule has 0 spiro atoms. The van der Waals surface area contributed by atoms with Gasteiger partial charge in [0.2, 0.25) is 5.91 Å². The minimum Gasteiger partial charge on any atom is -0.326 e. The molecule has 0 aliphatic carbocycles. The third-order valence-electron chi connectivity index (χ3n) is 3.10. The molecule has 124 valence electrons. The molecule has 2 aromatic carbocycles. The normalized spacial score (nSPS) is 9.96. The Morgan fingerprint density at radius 2 is 1.25 bits per heavy atom. The second kappa shape index (κ2) is 7.61. The summed E-state index contributed by atoms with van der Waals surface area (Å²) >= 11 is 5.98. The summed E-state index contributed by atoms with van der Waals surface area (Å²) < 4.78 is 0. The van der Waals surface area contributed by atoms with Crippen LogP contribution >= 0.6 is 11.6 Å². The summed E-state index contributed by atoms with van der Waals surface area (Å²) in [7, 11) is 0. The zero-order chi connectivity index (χ0) is 17.7. The number of rotatable bonds is 3. The van der Waals surface area contributed by atoms with Crippen molar-refractivity contribution in [3.63, 3.8) is 0 Å². The van der Waals surface area contributed by atoms with Crippen molar-refractivity contribution in [3.05, 3.63) is 53.1 Å². The van der Waals surface area contributed by atoms with Crippen molar-refractivity contribution in [1.82, 2.24) is 0 Å². The molecule has 0 atom stereocenters. The summed E-state index contributed by atoms with van der Waals surface area (Å²) in [5.74, 6) is -1.80. The van der Waals surface area contributed by atoms with E-state index in [2.05, 4.69) is 16.0 Å². The first-order valence-electron chi connectivity index (χ1n) is 7.11. The average molecular weight is 346 g/mol. The summed E-state index contributed by atoms with van der Waals surface area (Å²) in [6.07, 6.45) is 0. The van der Waals surface area contributed by atoms with Crippen LogP contribution in [0.3, 0.4) is 0 Å². The Balaban J connectivity index is 1.97. The number of aryl methyl sites for hydroxylation is 1. The first-order valence-corrected chi connectivity index (χ1v) is 7.49. The molecule has 0 aliphatic rings. The molecule has 0 radical (unpaired) electrons. The van der Waals surface area contributed by atoms with Crippen LogP contribution < -0.4 is 16.0 Å². The molecule has 0 aromatic heterocycles. The van der Waals surface area contributed by atoms with Gasteiger partial charge in [-0.2, -0.15) is 0 Å². The predicted molar refractivity (Wildman–Crippen MR) is 94.2 cm³/mol. The van der Waals surface area contributed by atoms with Crippen LogP contribution in [-0.2, 0) is 14.4 Å². The molecule has 2 aromatic rings. The van der Waals surface area contributed by atoms with Gasteiger partial charge >= 0.3 is 11.8 Å². The number of hydrogen-bond donors (Lipinski definition) is 3. The van der Waals surface area contributed by atoms with Gasteiger partial charge in [0, 0.05) is 29.0 Å². The number of nitrogens with one attached hydrogen (secondary N) is 3. The second-order valence-corrected chi connectivity index (χ2v) is 5.54. The molecule has 0 saturated carbocycles. The maximum Gasteiger partial charge on any atom is 0.314 e. The van der Waals surface area contributed by atoms with Crippen LogP contribution in [0.2, 0.25) is 5.02 Å². The number of hydrogen-bond acceptors (Lipinski definition) is 3. The Bertz CT molecular complexity index is 788. The maximum absolute atomic E-state index is 11.9. The molecule has 24 heavy (non-hydrogen) atoms. The molecule has 2 rings (SSSR count). The van der Waals surface area contributed by atoms with Gasteiger partial charge in [-0.1, -0.05) is 17.7 Å². The van der Waals surface area contributed by atoms with Crippen LogP contribution in [0.15, 0.2) is 42.5 Å². The zero-order valence-electron chi connectivity index (χ0n) is 13.1. The van der Waals surface area contributed by atoms with Gasteiger partial charge in [-0.15, -0.1) is 0 Å². The standard InChI is InChI=1S/C17H16ClN3O3/c1-10-3-4-14(9-15(10)18)21-17(24)16(23)20-13-7-5-12(6-8-13)19-11(2)22/h3-9H,1-2H3,(H,19,22)(H,20,23)(H,21,24). The van der Waals surface area contributed by atoms with Gasteiger partial charge in [-0.25, -0.2) is 0 Å². The Hall–Kier alpha value is -2.86. The Morgan fingerprint density at radius 1 is 0.792 bits per heavy atom. The zero-order valence-corrected chi connectivity index (χ0v) is 13.9. The Kier molecular flexibility index (Phi) is 5.55. The monoisotopic (exact) mass is 345 g/mol. The summed E-state index contributed by atoms with van der Waals surface area (Å²) in [6.45, 7) is 3.24. The minimum absolute atomic E-state index is 0.192. The fraction of sp³-hybridized carbons (Fsp3) is 0.118. The third-order valence-corrected chi connectivity index (χ3v) is 3.51. The maximum atomic E-state index is 11.9. The molecule has 0 bridgehead atoms. The van der Waals surface area contributed by atoms with Crippen LogP contribution in [0.5, 0.6) is 0 Å². The van der Waals surface area contributed by atoms with Gasteiger partial charge in [0.1, 0.15) is 0 Å². The Morgan fingerprint density at radius 3 is 1.75 bits per heavy atom. The average Bonchev–Trinajstić information content (AvgIpc) is 2.52. The van der Waals surface area contributed by atoms with Crippen LogP contribution in [0.4, 0.5) is 17.1 Å². The summed E-state index contributed by atoms with van der Waals surface area (Å²) in [4.78, 5) is 34.7. The number of benzene rings is 2. The number of halogens is 1. The lowest BCUT2D eigenvalue weighted by Crippen LogP contribution is -2.29. The second-order valence-electron chi connectivity index (χ2n) is 5.13. The Labute approximate surface area is 144 Å². The van der Waals surface area contributed by atoms with Gasteiger partial charge in [-0.05, 0) is 48.9 Å². The molecular weight excluding hydrogens is 330 g/mol. The van der Waals surface area contributed by atoms with Crippen LogP contribution in [0.25, 0.3) is 0 Å². The van der Waals surface area contributed by atoms with Crippen LogP contribution in [-0.4, -0.2) is 17.7 Å². The van der Waals surface area contributed by atoms with Crippen molar-refractivity contribution in [2.75, 3.05) is 16.0 Å². The highest BCUT2D eigenvalue weighted by atomic mass is 35.5. The van der Waals surface area contributed by atoms with E-state index in [0.29, 0.717) is 22.1 Å². The molecule has 7 heteroatoms. The fourth-order valence-electron chi connectivity index (χ4n) is 1.89. The largest absolute Gasteiger partial charge is 0.326 e. The van der Waals surface area contributed by atoms with Crippen molar-refractivity contribution in [3.8, 4) is 0 Å². The number of carbonyl (C=O) groups excluding carboxylic acids is 3. The van der Waals surface area contributed by atoms with Gasteiger partial charge in [-0.3, -0.25) is 14.4 Å². The van der Waals surface area contributed by atoms with Crippen LogP contribution in [0.1, 0.15) is 12.5 Å². The van der Waals surface area contributed by atoms with Gasteiger partial charge in [0.25, 0.3) is 0 Å². The smallest absolute Gasteiger partial charge is 0.314 e. The van der Waals surface area contributed by atoms with E-state index in [1.807, 2.05) is 6.92 Å². The number of amides is 3. The quantitative estimate of drug-likeness (QED) is 0.746. The molecule has 3 amide bonds. The van der Waals surface area contributed by atoms with E-state index in [9.17, 15) is 14.4 Å². The lowest BCUT2D eigenvalue weighted by Gasteiger charge is -2.08. The van der Waals surface area contributed by atoms with E-state index in [4.69, 9.17) is 11.6 Å². The van der Waals surface area contributed by atoms with E-state index in [0.717, 1.165) is 5.56 Å². The van der Waals surface area contributed by atoms with Crippen LogP contribution in [0, 0.1) is 6.92 Å². The molecule has 3 N–H and O–H groups in total. The highest BCUT2D eigenvalue weighted by Crippen LogP contribution is 2.20. The molecule has 0 heterocycles. The van der Waals surface area contributed by atoms with Gasteiger partial charge in [0.05, 0.1) is 0 Å². The molecule has 0 saturated heterocycles. The highest BCUT2D eigenvalue weighted by molar-refractivity contribution is 6.43. The molecule has 0 aliphatic heterocycles. The molecule has 6 nitrogen and oxygen atoms in total. The predicted octanol–water partition coefficient (Wildman–Crippen LogP) is 3.18. The lowest BCUT2D eigenvalue weighted by molar-refractivity contribution is -0.132. The van der Waals surface area contributed by atoms with E-state index in [1.54, 1.807) is 42.5 Å². The number of carbonyl (C=O) groups is 3. The topological polar surface area (TPSA) is 87.3 Å². The van der Waals surface area contributed by atoms with E-state index in [1.165, 1.54) is 6.92 Å². The lowest BCUT2D eigenvalue weighted by atomic mass is 10.2. The third kappa shape index (κ3) is 4.82. The van der Waals surface area contributed by atoms with E-state index >= 15 is 0 Å². The fourth-order valence-corrected chi connectivity index (χ4v) is 2.07. The van der Waals surface area contributed by atoms with Gasteiger partial charge < -0.3 is 16.0 Å². The summed E-state index contributed by atoms with van der Waals surface area (Å²) in [5.41, 5.74) is 2.34. The van der Waals surface area contributed by atoms with E-state index < -0.39 is 11.8 Å². The van der Waals surface area contributed by atoms with Crippen molar-refractivity contribution in [2.24, 2.45) is 0 Å². The van der Waals surface area contributed by atoms with Crippen molar-refractivity contribution in [1.29, 1.82) is 0 Å². The summed E-state index contributed by atoms with van der Waals surface area (Å²) in [6, 6.07) is 11.4. The molecule has 0 unspecified atom stereocenters. The van der Waals surface area contributed by atoms with Gasteiger partial charge in [0.15, 0.2) is 0 Å². The first-order chi connectivity index (χ1) is 11.3. The minimum atomic E-state index is -0.807. The first kappa shape index (κ1) is 17.5.